The number of esters is 1. The Kier molecular flexibility index (Phi) is 8.11. The first-order valence-electron chi connectivity index (χ1n) is 9.51. The van der Waals surface area contributed by atoms with Crippen LogP contribution >= 0.6 is 39.9 Å². The molecular formula is C22H20BrNO5S2. The van der Waals surface area contributed by atoms with Crippen LogP contribution in [0.15, 0.2) is 51.8 Å². The molecule has 1 aliphatic rings. The molecule has 9 heteroatoms. The van der Waals surface area contributed by atoms with Gasteiger partial charge in [-0.05, 0) is 62.4 Å². The minimum atomic E-state index is -0.460. The summed E-state index contributed by atoms with van der Waals surface area (Å²) in [5.41, 5.74) is 1.31. The van der Waals surface area contributed by atoms with E-state index in [4.69, 9.17) is 26.4 Å². The van der Waals surface area contributed by atoms with E-state index in [2.05, 4.69) is 15.9 Å². The van der Waals surface area contributed by atoms with Gasteiger partial charge in [0.25, 0.3) is 5.91 Å². The molecule has 0 spiro atoms. The normalized spacial score (nSPS) is 14.8. The zero-order valence-electron chi connectivity index (χ0n) is 16.9. The van der Waals surface area contributed by atoms with Gasteiger partial charge >= 0.3 is 5.97 Å². The van der Waals surface area contributed by atoms with Crippen molar-refractivity contribution < 1.29 is 23.8 Å². The Morgan fingerprint density at radius 1 is 1.13 bits per heavy atom. The molecule has 6 nitrogen and oxygen atoms in total. The van der Waals surface area contributed by atoms with Crippen LogP contribution in [-0.4, -0.2) is 36.0 Å². The van der Waals surface area contributed by atoms with E-state index in [-0.39, 0.29) is 19.1 Å². The number of ether oxygens (including phenoxy) is 3. The lowest BCUT2D eigenvalue weighted by Gasteiger charge is -2.15. The van der Waals surface area contributed by atoms with Gasteiger partial charge in [-0.25, -0.2) is 4.79 Å². The highest BCUT2D eigenvalue weighted by molar-refractivity contribution is 9.10. The third-order valence-corrected chi connectivity index (χ3v) is 5.90. The van der Waals surface area contributed by atoms with Gasteiger partial charge in [0, 0.05) is 10.0 Å². The first-order valence-corrected chi connectivity index (χ1v) is 11.5. The Labute approximate surface area is 198 Å². The molecule has 1 fully saturated rings. The van der Waals surface area contributed by atoms with E-state index in [0.29, 0.717) is 32.8 Å². The van der Waals surface area contributed by atoms with Gasteiger partial charge < -0.3 is 14.2 Å². The van der Waals surface area contributed by atoms with E-state index in [1.165, 1.54) is 16.7 Å². The van der Waals surface area contributed by atoms with Crippen molar-refractivity contribution in [3.05, 3.63) is 57.4 Å². The SMILES string of the molecule is CCOC(=O)COc1ccc(Br)cc1/C=C1/SC(=S)N(c2ccc(OCC)cc2)C1=O. The van der Waals surface area contributed by atoms with Crippen LogP contribution in [0, 0.1) is 0 Å². The number of thiocarbonyl (C=S) groups is 1. The van der Waals surface area contributed by atoms with E-state index < -0.39 is 5.97 Å². The topological polar surface area (TPSA) is 65.1 Å². The summed E-state index contributed by atoms with van der Waals surface area (Å²) in [6, 6.07) is 12.5. The second-order valence-electron chi connectivity index (χ2n) is 6.22. The molecule has 0 radical (unpaired) electrons. The number of benzene rings is 2. The summed E-state index contributed by atoms with van der Waals surface area (Å²) < 4.78 is 17.2. The third kappa shape index (κ3) is 5.87. The van der Waals surface area contributed by atoms with E-state index in [1.54, 1.807) is 49.4 Å². The molecule has 2 aromatic rings. The molecule has 1 heterocycles. The Morgan fingerprint density at radius 2 is 1.87 bits per heavy atom. The zero-order valence-corrected chi connectivity index (χ0v) is 20.1. The van der Waals surface area contributed by atoms with Crippen molar-refractivity contribution in [1.82, 2.24) is 0 Å². The molecule has 2 aromatic carbocycles. The van der Waals surface area contributed by atoms with Crippen molar-refractivity contribution in [3.8, 4) is 11.5 Å². The van der Waals surface area contributed by atoms with Gasteiger partial charge in [-0.2, -0.15) is 0 Å². The molecule has 1 amide bonds. The summed E-state index contributed by atoms with van der Waals surface area (Å²) in [6.07, 6.45) is 1.71. The van der Waals surface area contributed by atoms with Crippen LogP contribution in [0.1, 0.15) is 19.4 Å². The number of halogens is 1. The van der Waals surface area contributed by atoms with Gasteiger partial charge in [-0.1, -0.05) is 39.9 Å². The van der Waals surface area contributed by atoms with Gasteiger partial charge in [0.2, 0.25) is 0 Å². The predicted molar refractivity (Wildman–Crippen MR) is 130 cm³/mol. The van der Waals surface area contributed by atoms with Crippen LogP contribution in [0.25, 0.3) is 6.08 Å². The molecule has 0 aromatic heterocycles. The summed E-state index contributed by atoms with van der Waals surface area (Å²) in [5.74, 6) is 0.501. The minimum Gasteiger partial charge on any atom is -0.494 e. The highest BCUT2D eigenvalue weighted by Crippen LogP contribution is 2.38. The van der Waals surface area contributed by atoms with Crippen LogP contribution in [-0.2, 0) is 14.3 Å². The third-order valence-electron chi connectivity index (χ3n) is 4.11. The second kappa shape index (κ2) is 10.8. The molecule has 1 saturated heterocycles. The number of carbonyl (C=O) groups is 2. The lowest BCUT2D eigenvalue weighted by atomic mass is 10.2. The molecule has 0 atom stereocenters. The molecule has 3 rings (SSSR count). The van der Waals surface area contributed by atoms with E-state index in [9.17, 15) is 9.59 Å². The first kappa shape index (κ1) is 23.3. The number of hydrogen-bond donors (Lipinski definition) is 0. The maximum atomic E-state index is 13.1. The minimum absolute atomic E-state index is 0.219. The lowest BCUT2D eigenvalue weighted by Crippen LogP contribution is -2.27. The monoisotopic (exact) mass is 521 g/mol. The summed E-state index contributed by atoms with van der Waals surface area (Å²) in [6.45, 7) is 4.27. The Hall–Kier alpha value is -2.36. The van der Waals surface area contributed by atoms with Crippen LogP contribution < -0.4 is 14.4 Å². The number of anilines is 1. The van der Waals surface area contributed by atoms with Gasteiger partial charge in [-0.15, -0.1) is 0 Å². The van der Waals surface area contributed by atoms with E-state index >= 15 is 0 Å². The van der Waals surface area contributed by atoms with Gasteiger partial charge in [0.15, 0.2) is 10.9 Å². The first-order chi connectivity index (χ1) is 14.9. The van der Waals surface area contributed by atoms with Crippen LogP contribution in [0.2, 0.25) is 0 Å². The number of nitrogens with zero attached hydrogens (tertiary/aromatic N) is 1. The summed E-state index contributed by atoms with van der Waals surface area (Å²) in [4.78, 5) is 26.6. The predicted octanol–water partition coefficient (Wildman–Crippen LogP) is 5.20. The Morgan fingerprint density at radius 3 is 2.55 bits per heavy atom. The standard InChI is InChI=1S/C22H20BrNO5S2/c1-3-27-17-8-6-16(7-9-17)24-21(26)19(31-22(24)30)12-14-11-15(23)5-10-18(14)29-13-20(25)28-4-2/h5-12H,3-4,13H2,1-2H3/b19-12+. The number of amides is 1. The lowest BCUT2D eigenvalue weighted by molar-refractivity contribution is -0.145. The van der Waals surface area contributed by atoms with Crippen molar-refractivity contribution in [2.45, 2.75) is 13.8 Å². The summed E-state index contributed by atoms with van der Waals surface area (Å²) in [5, 5.41) is 0. The number of thioether (sulfide) groups is 1. The average molecular weight is 522 g/mol. The highest BCUT2D eigenvalue weighted by atomic mass is 79.9. The molecule has 1 aliphatic heterocycles. The quantitative estimate of drug-likeness (QED) is 0.269. The van der Waals surface area contributed by atoms with Crippen molar-refractivity contribution >= 4 is 67.9 Å². The smallest absolute Gasteiger partial charge is 0.344 e. The molecule has 0 aliphatic carbocycles. The Balaban J connectivity index is 1.83. The Bertz CT molecular complexity index is 1020. The summed E-state index contributed by atoms with van der Waals surface area (Å²) >= 11 is 10.1. The van der Waals surface area contributed by atoms with Crippen molar-refractivity contribution in [2.24, 2.45) is 0 Å². The largest absolute Gasteiger partial charge is 0.494 e. The number of hydrogen-bond acceptors (Lipinski definition) is 7. The number of rotatable bonds is 8. The molecular weight excluding hydrogens is 502 g/mol. The van der Waals surface area contributed by atoms with Gasteiger partial charge in [0.05, 0.1) is 23.8 Å². The molecule has 162 valence electrons. The fourth-order valence-corrected chi connectivity index (χ4v) is 4.46. The fraction of sp³-hybridized carbons (Fsp3) is 0.227. The van der Waals surface area contributed by atoms with Gasteiger partial charge in [0.1, 0.15) is 11.5 Å². The van der Waals surface area contributed by atoms with Crippen LogP contribution in [0.4, 0.5) is 5.69 Å². The number of carbonyl (C=O) groups excluding carboxylic acids is 2. The zero-order chi connectivity index (χ0) is 22.4. The summed E-state index contributed by atoms with van der Waals surface area (Å²) in [7, 11) is 0. The molecule has 0 bridgehead atoms. The van der Waals surface area contributed by atoms with Gasteiger partial charge in [-0.3, -0.25) is 9.69 Å². The highest BCUT2D eigenvalue weighted by Gasteiger charge is 2.33. The van der Waals surface area contributed by atoms with Crippen molar-refractivity contribution in [1.29, 1.82) is 0 Å². The average Bonchev–Trinajstić information content (AvgIpc) is 3.01. The van der Waals surface area contributed by atoms with Crippen molar-refractivity contribution in [2.75, 3.05) is 24.7 Å². The van der Waals surface area contributed by atoms with E-state index in [0.717, 1.165) is 10.2 Å². The maximum Gasteiger partial charge on any atom is 0.344 e. The van der Waals surface area contributed by atoms with Crippen LogP contribution in [0.5, 0.6) is 11.5 Å². The maximum absolute atomic E-state index is 13.1. The second-order valence-corrected chi connectivity index (χ2v) is 8.81. The molecule has 0 N–H and O–H groups in total. The molecule has 31 heavy (non-hydrogen) atoms. The fourth-order valence-electron chi connectivity index (χ4n) is 2.79. The van der Waals surface area contributed by atoms with E-state index in [1.807, 2.05) is 13.0 Å². The van der Waals surface area contributed by atoms with Crippen molar-refractivity contribution in [3.63, 3.8) is 0 Å². The molecule has 0 saturated carbocycles. The van der Waals surface area contributed by atoms with Crippen LogP contribution in [0.3, 0.4) is 0 Å². The molecule has 0 unspecified atom stereocenters.